The molecule has 16 heavy (non-hydrogen) atoms. The summed E-state index contributed by atoms with van der Waals surface area (Å²) in [7, 11) is 2.31. The van der Waals surface area contributed by atoms with E-state index in [-0.39, 0.29) is 0 Å². The van der Waals surface area contributed by atoms with Crippen LogP contribution in [0.3, 0.4) is 0 Å². The molecule has 0 bridgehead atoms. The lowest BCUT2D eigenvalue weighted by molar-refractivity contribution is 0.122. The first-order valence-corrected chi connectivity index (χ1v) is 7.05. The highest BCUT2D eigenvalue weighted by molar-refractivity contribution is 4.80. The van der Waals surface area contributed by atoms with Gasteiger partial charge in [0.25, 0.3) is 0 Å². The van der Waals surface area contributed by atoms with Gasteiger partial charge in [0.1, 0.15) is 0 Å². The van der Waals surface area contributed by atoms with E-state index < -0.39 is 0 Å². The molecule has 0 saturated heterocycles. The van der Waals surface area contributed by atoms with Crippen LogP contribution in [0.5, 0.6) is 0 Å². The summed E-state index contributed by atoms with van der Waals surface area (Å²) >= 11 is 0. The van der Waals surface area contributed by atoms with E-state index in [0.29, 0.717) is 0 Å². The van der Waals surface area contributed by atoms with Gasteiger partial charge < -0.3 is 10.6 Å². The molecule has 0 spiro atoms. The lowest BCUT2D eigenvalue weighted by Gasteiger charge is -2.37. The second-order valence-electron chi connectivity index (χ2n) is 5.80. The highest BCUT2D eigenvalue weighted by atomic mass is 15.1. The second-order valence-corrected chi connectivity index (χ2v) is 5.80. The molecule has 0 radical (unpaired) electrons. The zero-order chi connectivity index (χ0) is 12.0. The molecule has 0 aromatic heterocycles. The Kier molecular flexibility index (Phi) is 6.37. The fourth-order valence-electron chi connectivity index (χ4n) is 3.14. The first-order valence-electron chi connectivity index (χ1n) is 7.05. The smallest absolute Gasteiger partial charge is 0.0118 e. The minimum atomic E-state index is 0.794. The number of hydrogen-bond acceptors (Lipinski definition) is 2. The van der Waals surface area contributed by atoms with E-state index in [2.05, 4.69) is 25.8 Å². The summed E-state index contributed by atoms with van der Waals surface area (Å²) in [5, 5.41) is 0. The zero-order valence-electron chi connectivity index (χ0n) is 11.4. The average Bonchev–Trinajstić information content (AvgIpc) is 2.26. The van der Waals surface area contributed by atoms with E-state index in [1.807, 2.05) is 0 Å². The van der Waals surface area contributed by atoms with Crippen molar-refractivity contribution in [2.75, 3.05) is 20.1 Å². The van der Waals surface area contributed by atoms with Crippen molar-refractivity contribution in [3.8, 4) is 0 Å². The van der Waals surface area contributed by atoms with E-state index in [0.717, 1.165) is 24.4 Å². The minimum Gasteiger partial charge on any atom is -0.330 e. The third kappa shape index (κ3) is 4.42. The molecule has 0 aromatic carbocycles. The van der Waals surface area contributed by atoms with Gasteiger partial charge in [0.05, 0.1) is 0 Å². The van der Waals surface area contributed by atoms with Gasteiger partial charge in [0.2, 0.25) is 0 Å². The Labute approximate surface area is 102 Å². The first-order chi connectivity index (χ1) is 7.65. The van der Waals surface area contributed by atoms with E-state index in [1.54, 1.807) is 0 Å². The van der Waals surface area contributed by atoms with Crippen LogP contribution in [0, 0.1) is 11.8 Å². The predicted molar refractivity (Wildman–Crippen MR) is 71.5 cm³/mol. The molecule has 0 heterocycles. The van der Waals surface area contributed by atoms with Gasteiger partial charge in [-0.3, -0.25) is 0 Å². The standard InChI is InChI=1S/C14H30N2/c1-12(7-6-10-15)11-16(3)14-9-5-4-8-13(14)2/h12-14H,4-11,15H2,1-3H3. The molecule has 2 nitrogen and oxygen atoms in total. The predicted octanol–water partition coefficient (Wildman–Crippen LogP) is 2.87. The third-order valence-corrected chi connectivity index (χ3v) is 4.13. The topological polar surface area (TPSA) is 29.3 Å². The summed E-state index contributed by atoms with van der Waals surface area (Å²) in [6.45, 7) is 6.87. The van der Waals surface area contributed by atoms with Gasteiger partial charge in [-0.2, -0.15) is 0 Å². The zero-order valence-corrected chi connectivity index (χ0v) is 11.4. The molecule has 1 aliphatic carbocycles. The molecule has 1 rings (SSSR count). The minimum absolute atomic E-state index is 0.794. The molecule has 96 valence electrons. The molecule has 0 aliphatic heterocycles. The average molecular weight is 226 g/mol. The maximum absolute atomic E-state index is 5.56. The fourth-order valence-corrected chi connectivity index (χ4v) is 3.14. The van der Waals surface area contributed by atoms with Crippen LogP contribution in [0.2, 0.25) is 0 Å². The van der Waals surface area contributed by atoms with E-state index in [4.69, 9.17) is 5.73 Å². The third-order valence-electron chi connectivity index (χ3n) is 4.13. The Hall–Kier alpha value is -0.0800. The lowest BCUT2D eigenvalue weighted by Crippen LogP contribution is -2.41. The molecule has 1 fully saturated rings. The molecular weight excluding hydrogens is 196 g/mol. The van der Waals surface area contributed by atoms with Gasteiger partial charge in [0, 0.05) is 12.6 Å². The Morgan fingerprint density at radius 2 is 2.00 bits per heavy atom. The van der Waals surface area contributed by atoms with Gasteiger partial charge in [-0.15, -0.1) is 0 Å². The van der Waals surface area contributed by atoms with Crippen molar-refractivity contribution < 1.29 is 0 Å². The van der Waals surface area contributed by atoms with Crippen molar-refractivity contribution in [3.63, 3.8) is 0 Å². The molecule has 0 aromatic rings. The van der Waals surface area contributed by atoms with E-state index >= 15 is 0 Å². The Bertz CT molecular complexity index is 182. The van der Waals surface area contributed by atoms with E-state index in [1.165, 1.54) is 45.1 Å². The highest BCUT2D eigenvalue weighted by Crippen LogP contribution is 2.27. The molecule has 0 amide bonds. The van der Waals surface area contributed by atoms with Gasteiger partial charge in [-0.05, 0) is 51.1 Å². The normalized spacial score (nSPS) is 28.3. The van der Waals surface area contributed by atoms with Crippen LogP contribution in [0.4, 0.5) is 0 Å². The van der Waals surface area contributed by atoms with Crippen LogP contribution in [0.25, 0.3) is 0 Å². The van der Waals surface area contributed by atoms with Crippen LogP contribution < -0.4 is 5.73 Å². The summed E-state index contributed by atoms with van der Waals surface area (Å²) < 4.78 is 0. The van der Waals surface area contributed by atoms with Crippen molar-refractivity contribution in [1.82, 2.24) is 4.90 Å². The largest absolute Gasteiger partial charge is 0.330 e. The maximum atomic E-state index is 5.56. The Morgan fingerprint density at radius 1 is 1.31 bits per heavy atom. The molecular formula is C14H30N2. The molecule has 3 atom stereocenters. The van der Waals surface area contributed by atoms with Crippen molar-refractivity contribution in [2.45, 2.75) is 58.4 Å². The molecule has 2 heteroatoms. The van der Waals surface area contributed by atoms with Gasteiger partial charge in [-0.25, -0.2) is 0 Å². The number of nitrogens with two attached hydrogens (primary N) is 1. The van der Waals surface area contributed by atoms with Crippen molar-refractivity contribution >= 4 is 0 Å². The molecule has 1 saturated carbocycles. The van der Waals surface area contributed by atoms with Gasteiger partial charge >= 0.3 is 0 Å². The van der Waals surface area contributed by atoms with Crippen LogP contribution in [-0.4, -0.2) is 31.1 Å². The summed E-state index contributed by atoms with van der Waals surface area (Å²) in [5.74, 6) is 1.68. The lowest BCUT2D eigenvalue weighted by atomic mass is 9.84. The monoisotopic (exact) mass is 226 g/mol. The molecule has 2 N–H and O–H groups in total. The van der Waals surface area contributed by atoms with Crippen LogP contribution in [0.1, 0.15) is 52.4 Å². The number of rotatable bonds is 6. The van der Waals surface area contributed by atoms with Crippen molar-refractivity contribution in [1.29, 1.82) is 0 Å². The van der Waals surface area contributed by atoms with Crippen LogP contribution in [0.15, 0.2) is 0 Å². The Balaban J connectivity index is 2.29. The van der Waals surface area contributed by atoms with Crippen LogP contribution >= 0.6 is 0 Å². The summed E-state index contributed by atoms with van der Waals surface area (Å²) in [4.78, 5) is 2.60. The summed E-state index contributed by atoms with van der Waals surface area (Å²) in [5.41, 5.74) is 5.56. The Morgan fingerprint density at radius 3 is 2.62 bits per heavy atom. The van der Waals surface area contributed by atoms with E-state index in [9.17, 15) is 0 Å². The second kappa shape index (κ2) is 7.29. The molecule has 1 aliphatic rings. The SMILES string of the molecule is CC(CCCN)CN(C)C1CCCCC1C. The highest BCUT2D eigenvalue weighted by Gasteiger charge is 2.25. The van der Waals surface area contributed by atoms with Crippen molar-refractivity contribution in [2.24, 2.45) is 17.6 Å². The van der Waals surface area contributed by atoms with Crippen molar-refractivity contribution in [3.05, 3.63) is 0 Å². The van der Waals surface area contributed by atoms with Gasteiger partial charge in [0.15, 0.2) is 0 Å². The number of nitrogens with zero attached hydrogens (tertiary/aromatic N) is 1. The first kappa shape index (κ1) is 14.0. The fraction of sp³-hybridized carbons (Fsp3) is 1.00. The molecule has 3 unspecified atom stereocenters. The summed E-state index contributed by atoms with van der Waals surface area (Å²) in [6.07, 6.45) is 8.15. The summed E-state index contributed by atoms with van der Waals surface area (Å²) in [6, 6.07) is 0.828. The quantitative estimate of drug-likeness (QED) is 0.754. The van der Waals surface area contributed by atoms with Crippen LogP contribution in [-0.2, 0) is 0 Å². The number of hydrogen-bond donors (Lipinski definition) is 1. The van der Waals surface area contributed by atoms with Gasteiger partial charge in [-0.1, -0.05) is 26.7 Å². The maximum Gasteiger partial charge on any atom is 0.0118 e.